The van der Waals surface area contributed by atoms with E-state index in [1.54, 1.807) is 34.0 Å². The van der Waals surface area contributed by atoms with E-state index in [4.69, 9.17) is 0 Å². The van der Waals surface area contributed by atoms with Crippen LogP contribution in [0.2, 0.25) is 0 Å². The third-order valence-electron chi connectivity index (χ3n) is 3.23. The predicted molar refractivity (Wildman–Crippen MR) is 118 cm³/mol. The van der Waals surface area contributed by atoms with Crippen LogP contribution in [-0.4, -0.2) is 15.0 Å². The normalized spacial score (nSPS) is 9.88. The molecule has 2 unspecified atom stereocenters. The van der Waals surface area contributed by atoms with Crippen molar-refractivity contribution in [1.82, 2.24) is 15.0 Å². The standard InChI is InChI=1S/C6H9NS.2C5H8NPS/c1-4-5(2)8-6(3)7-4;2*1-3-4(2)8-5(7)6-3/h1-3H3;2*7H2,1-2H3. The summed E-state index contributed by atoms with van der Waals surface area (Å²) < 4.78 is 2.17. The van der Waals surface area contributed by atoms with Crippen LogP contribution in [0.5, 0.6) is 0 Å². The molecule has 3 aromatic rings. The van der Waals surface area contributed by atoms with E-state index >= 15 is 0 Å². The topological polar surface area (TPSA) is 38.7 Å². The SMILES string of the molecule is Cc1nc(C)c(C)s1.Cc1nc(P)sc1C.Cc1nc(P)sc1C. The Labute approximate surface area is 161 Å². The number of aromatic nitrogens is 3. The molecule has 2 atom stereocenters. The maximum absolute atomic E-state index is 4.23. The average molecular weight is 418 g/mol. The van der Waals surface area contributed by atoms with E-state index in [0.29, 0.717) is 0 Å². The summed E-state index contributed by atoms with van der Waals surface area (Å²) in [6.07, 6.45) is 0. The fourth-order valence-corrected chi connectivity index (χ4v) is 5.27. The van der Waals surface area contributed by atoms with Crippen molar-refractivity contribution in [3.63, 3.8) is 0 Å². The second-order valence-corrected chi connectivity index (χ2v) is 11.1. The van der Waals surface area contributed by atoms with Gasteiger partial charge in [-0.05, 0) is 48.5 Å². The van der Waals surface area contributed by atoms with Crippen molar-refractivity contribution in [3.05, 3.63) is 36.7 Å². The Bertz CT molecular complexity index is 627. The highest BCUT2D eigenvalue weighted by atomic mass is 32.1. The molecule has 0 amide bonds. The zero-order valence-corrected chi connectivity index (χ0v) is 20.0. The summed E-state index contributed by atoms with van der Waals surface area (Å²) in [5, 5.41) is 1.17. The molecule has 0 aliphatic carbocycles. The van der Waals surface area contributed by atoms with Crippen LogP contribution in [0.4, 0.5) is 0 Å². The summed E-state index contributed by atoms with van der Waals surface area (Å²) in [6, 6.07) is 0. The molecule has 0 aromatic carbocycles. The first-order chi connectivity index (χ1) is 11.1. The quantitative estimate of drug-likeness (QED) is 0.502. The summed E-state index contributed by atoms with van der Waals surface area (Å²) in [6.45, 7) is 14.4. The lowest BCUT2D eigenvalue weighted by atomic mass is 10.4. The van der Waals surface area contributed by atoms with Crippen molar-refractivity contribution in [1.29, 1.82) is 0 Å². The minimum Gasteiger partial charge on any atom is -0.247 e. The van der Waals surface area contributed by atoms with Gasteiger partial charge in [0.1, 0.15) is 9.50 Å². The van der Waals surface area contributed by atoms with Gasteiger partial charge in [0.25, 0.3) is 0 Å². The van der Waals surface area contributed by atoms with Crippen LogP contribution < -0.4 is 9.50 Å². The summed E-state index contributed by atoms with van der Waals surface area (Å²) in [5.41, 5.74) is 3.48. The lowest BCUT2D eigenvalue weighted by Crippen LogP contribution is -1.83. The Hall–Kier alpha value is -0.250. The van der Waals surface area contributed by atoms with Crippen molar-refractivity contribution in [2.45, 2.75) is 48.5 Å². The fourth-order valence-electron chi connectivity index (χ4n) is 1.63. The summed E-state index contributed by atoms with van der Waals surface area (Å²) in [5.74, 6) is 0. The molecular formula is C16H25N3P2S3. The van der Waals surface area contributed by atoms with E-state index in [2.05, 4.69) is 54.2 Å². The minimum atomic E-state index is 1.08. The fraction of sp³-hybridized carbons (Fsp3) is 0.438. The molecule has 0 fully saturated rings. The zero-order valence-electron chi connectivity index (χ0n) is 15.2. The van der Waals surface area contributed by atoms with Gasteiger partial charge >= 0.3 is 0 Å². The molecule has 0 bridgehead atoms. The second-order valence-electron chi connectivity index (χ2n) is 5.26. The Morgan fingerprint density at radius 2 is 0.875 bits per heavy atom. The van der Waals surface area contributed by atoms with Gasteiger partial charge in [-0.15, -0.1) is 34.0 Å². The van der Waals surface area contributed by atoms with Crippen molar-refractivity contribution in [3.8, 4) is 0 Å². The molecule has 3 nitrogen and oxygen atoms in total. The molecule has 0 saturated heterocycles. The molecule has 0 aliphatic heterocycles. The van der Waals surface area contributed by atoms with Crippen LogP contribution in [0.3, 0.4) is 0 Å². The second kappa shape index (κ2) is 10.0. The largest absolute Gasteiger partial charge is 0.247 e. The molecule has 0 saturated carbocycles. The molecule has 3 rings (SSSR count). The molecule has 24 heavy (non-hydrogen) atoms. The monoisotopic (exact) mass is 417 g/mol. The highest BCUT2D eigenvalue weighted by molar-refractivity contribution is 7.43. The van der Waals surface area contributed by atoms with Crippen LogP contribution >= 0.6 is 52.5 Å². The van der Waals surface area contributed by atoms with E-state index in [9.17, 15) is 0 Å². The molecule has 0 radical (unpaired) electrons. The molecule has 0 N–H and O–H groups in total. The Balaban J connectivity index is 0.000000180. The van der Waals surface area contributed by atoms with Gasteiger partial charge in [0.2, 0.25) is 0 Å². The van der Waals surface area contributed by atoms with E-state index < -0.39 is 0 Å². The lowest BCUT2D eigenvalue weighted by Gasteiger charge is -1.77. The van der Waals surface area contributed by atoms with Crippen molar-refractivity contribution in [2.24, 2.45) is 0 Å². The number of aryl methyl sites for hydroxylation is 7. The van der Waals surface area contributed by atoms with E-state index in [0.717, 1.165) is 20.9 Å². The summed E-state index contributed by atoms with van der Waals surface area (Å²) >= 11 is 5.20. The van der Waals surface area contributed by atoms with Gasteiger partial charge in [-0.1, -0.05) is 18.5 Å². The van der Waals surface area contributed by atoms with Crippen molar-refractivity contribution < 1.29 is 0 Å². The molecule has 0 spiro atoms. The van der Waals surface area contributed by atoms with Gasteiger partial charge in [-0.2, -0.15) is 0 Å². The van der Waals surface area contributed by atoms with Crippen LogP contribution in [0.15, 0.2) is 0 Å². The van der Waals surface area contributed by atoms with Crippen LogP contribution in [0, 0.1) is 48.5 Å². The zero-order chi connectivity index (χ0) is 18.4. The number of thiazole rings is 3. The Morgan fingerprint density at radius 1 is 0.542 bits per heavy atom. The predicted octanol–water partition coefficient (Wildman–Crippen LogP) is 4.59. The lowest BCUT2D eigenvalue weighted by molar-refractivity contribution is 1.18. The summed E-state index contributed by atoms with van der Waals surface area (Å²) in [4.78, 5) is 16.6. The molecular weight excluding hydrogens is 392 g/mol. The maximum atomic E-state index is 4.23. The molecule has 8 heteroatoms. The third kappa shape index (κ3) is 7.33. The molecule has 132 valence electrons. The smallest absolute Gasteiger partial charge is 0.109 e. The van der Waals surface area contributed by atoms with Gasteiger partial charge in [0, 0.05) is 14.6 Å². The van der Waals surface area contributed by atoms with Gasteiger partial charge in [0.05, 0.1) is 22.1 Å². The number of nitrogens with zero attached hydrogens (tertiary/aromatic N) is 3. The number of rotatable bonds is 0. The first-order valence-electron chi connectivity index (χ1n) is 7.39. The van der Waals surface area contributed by atoms with E-state index in [-0.39, 0.29) is 0 Å². The van der Waals surface area contributed by atoms with Crippen LogP contribution in [0.25, 0.3) is 0 Å². The highest BCUT2D eigenvalue weighted by Crippen LogP contribution is 2.14. The van der Waals surface area contributed by atoms with Crippen LogP contribution in [0.1, 0.15) is 36.7 Å². The van der Waals surface area contributed by atoms with Crippen LogP contribution in [-0.2, 0) is 0 Å². The first-order valence-corrected chi connectivity index (χ1v) is 11.0. The number of hydrogen-bond donors (Lipinski definition) is 0. The Morgan fingerprint density at radius 3 is 0.958 bits per heavy atom. The maximum Gasteiger partial charge on any atom is 0.109 e. The van der Waals surface area contributed by atoms with Gasteiger partial charge in [-0.3, -0.25) is 0 Å². The minimum absolute atomic E-state index is 1.08. The highest BCUT2D eigenvalue weighted by Gasteiger charge is 1.97. The average Bonchev–Trinajstić information content (AvgIpc) is 3.01. The van der Waals surface area contributed by atoms with Crippen molar-refractivity contribution in [2.75, 3.05) is 0 Å². The van der Waals surface area contributed by atoms with Gasteiger partial charge in [-0.25, -0.2) is 15.0 Å². The van der Waals surface area contributed by atoms with Gasteiger partial charge < -0.3 is 0 Å². The van der Waals surface area contributed by atoms with E-state index in [1.807, 2.05) is 27.7 Å². The molecule has 3 aromatic heterocycles. The summed E-state index contributed by atoms with van der Waals surface area (Å²) in [7, 11) is 5.18. The molecule has 0 aliphatic rings. The third-order valence-corrected chi connectivity index (χ3v) is 6.98. The molecule has 3 heterocycles. The van der Waals surface area contributed by atoms with Crippen molar-refractivity contribution >= 4 is 62.0 Å². The first kappa shape index (κ1) is 21.8. The van der Waals surface area contributed by atoms with E-state index in [1.165, 1.54) is 25.3 Å². The Kier molecular flexibility index (Phi) is 9.11. The number of hydrogen-bond acceptors (Lipinski definition) is 6. The van der Waals surface area contributed by atoms with Gasteiger partial charge in [0.15, 0.2) is 0 Å².